The van der Waals surface area contributed by atoms with E-state index in [1.807, 2.05) is 53.4 Å². The van der Waals surface area contributed by atoms with Crippen LogP contribution < -0.4 is 0 Å². The number of morpholine rings is 1. The molecule has 0 bridgehead atoms. The highest BCUT2D eigenvalue weighted by Crippen LogP contribution is 2.23. The van der Waals surface area contributed by atoms with Crippen LogP contribution in [-0.4, -0.2) is 45.5 Å². The van der Waals surface area contributed by atoms with Crippen LogP contribution in [0.3, 0.4) is 0 Å². The van der Waals surface area contributed by atoms with Crippen LogP contribution in [0, 0.1) is 5.82 Å². The predicted octanol–water partition coefficient (Wildman–Crippen LogP) is 4.22. The van der Waals surface area contributed by atoms with Gasteiger partial charge in [-0.3, -0.25) is 9.78 Å². The zero-order valence-corrected chi connectivity index (χ0v) is 18.2. The first kappa shape index (κ1) is 21.3. The third-order valence-corrected chi connectivity index (χ3v) is 5.92. The smallest absolute Gasteiger partial charge is 0.223 e. The minimum atomic E-state index is -0.297. The van der Waals surface area contributed by atoms with E-state index in [0.29, 0.717) is 44.5 Å². The summed E-state index contributed by atoms with van der Waals surface area (Å²) >= 11 is 0. The number of rotatable bonds is 6. The Labute approximate surface area is 191 Å². The van der Waals surface area contributed by atoms with Crippen LogP contribution in [0.15, 0.2) is 66.7 Å². The van der Waals surface area contributed by atoms with Crippen LogP contribution in [0.25, 0.3) is 11.0 Å². The topological polar surface area (TPSA) is 71.1 Å². The van der Waals surface area contributed by atoms with Gasteiger partial charge < -0.3 is 14.6 Å². The number of amides is 1. The molecule has 1 atom stereocenters. The van der Waals surface area contributed by atoms with Gasteiger partial charge in [-0.05, 0) is 35.9 Å². The monoisotopic (exact) mass is 444 g/mol. The van der Waals surface area contributed by atoms with E-state index in [1.165, 1.54) is 6.07 Å². The van der Waals surface area contributed by atoms with Crippen molar-refractivity contribution in [2.45, 2.75) is 25.4 Å². The second kappa shape index (κ2) is 9.50. The van der Waals surface area contributed by atoms with Crippen molar-refractivity contribution in [2.75, 3.05) is 19.7 Å². The van der Waals surface area contributed by atoms with Crippen molar-refractivity contribution < 1.29 is 13.9 Å². The lowest BCUT2D eigenvalue weighted by Crippen LogP contribution is -2.42. The molecule has 2 aromatic carbocycles. The summed E-state index contributed by atoms with van der Waals surface area (Å²) < 4.78 is 19.9. The highest BCUT2D eigenvalue weighted by Gasteiger charge is 2.26. The number of aryl methyl sites for hydroxylation is 1. The Kier molecular flexibility index (Phi) is 6.13. The van der Waals surface area contributed by atoms with Crippen LogP contribution in [0.1, 0.15) is 35.3 Å². The zero-order chi connectivity index (χ0) is 22.6. The summed E-state index contributed by atoms with van der Waals surface area (Å²) in [7, 11) is 0. The molecule has 1 aliphatic heterocycles. The fraction of sp³-hybridized carbons (Fsp3) is 0.269. The summed E-state index contributed by atoms with van der Waals surface area (Å²) in [5, 5.41) is 0. The molecule has 6 nitrogen and oxygen atoms in total. The number of aromatic nitrogens is 3. The predicted molar refractivity (Wildman–Crippen MR) is 123 cm³/mol. The number of aromatic amines is 1. The van der Waals surface area contributed by atoms with Gasteiger partial charge in [0.1, 0.15) is 17.7 Å². The van der Waals surface area contributed by atoms with Crippen LogP contribution in [0.4, 0.5) is 4.39 Å². The molecular weight excluding hydrogens is 419 g/mol. The third-order valence-electron chi connectivity index (χ3n) is 5.92. The van der Waals surface area contributed by atoms with Crippen molar-refractivity contribution in [2.24, 2.45) is 0 Å². The van der Waals surface area contributed by atoms with Gasteiger partial charge in [0, 0.05) is 31.5 Å². The van der Waals surface area contributed by atoms with Crippen molar-refractivity contribution in [1.82, 2.24) is 19.9 Å². The Bertz CT molecular complexity index is 1240. The van der Waals surface area contributed by atoms with E-state index < -0.39 is 0 Å². The fourth-order valence-electron chi connectivity index (χ4n) is 4.18. The Morgan fingerprint density at radius 2 is 1.91 bits per heavy atom. The number of benzene rings is 2. The number of nitrogens with zero attached hydrogens (tertiary/aromatic N) is 3. The molecule has 3 heterocycles. The summed E-state index contributed by atoms with van der Waals surface area (Å²) in [6.45, 7) is 1.47. The molecule has 0 unspecified atom stereocenters. The van der Waals surface area contributed by atoms with Crippen LogP contribution >= 0.6 is 0 Å². The van der Waals surface area contributed by atoms with E-state index in [0.717, 1.165) is 28.2 Å². The first-order valence-corrected chi connectivity index (χ1v) is 11.2. The van der Waals surface area contributed by atoms with E-state index in [9.17, 15) is 9.18 Å². The average molecular weight is 445 g/mol. The number of hydrogen-bond acceptors (Lipinski definition) is 4. The highest BCUT2D eigenvalue weighted by molar-refractivity contribution is 5.77. The van der Waals surface area contributed by atoms with Crippen LogP contribution in [-0.2, 0) is 22.4 Å². The normalized spacial score (nSPS) is 16.3. The summed E-state index contributed by atoms with van der Waals surface area (Å²) in [5.41, 5.74) is 4.03. The molecule has 0 spiro atoms. The molecule has 2 aromatic heterocycles. The summed E-state index contributed by atoms with van der Waals surface area (Å²) in [6.07, 6.45) is 1.06. The standard InChI is InChI=1S/C26H25FN4O2/c27-20-8-2-1-6-18(20)16-19-7-5-11-23(28-19)24-17-31(14-15-33-24)26(32)13-12-25-29-21-9-3-4-10-22(21)30-25/h1-11,24H,12-17H2,(H,29,30)/t24-/m1/s1. The molecule has 4 aromatic rings. The number of nitrogens with one attached hydrogen (secondary N) is 1. The van der Waals surface area contributed by atoms with Crippen LogP contribution in [0.2, 0.25) is 0 Å². The SMILES string of the molecule is O=C(CCc1nc2ccccc2[nH]1)N1CCO[C@@H](c2cccc(Cc3ccccc3F)n2)C1. The van der Waals surface area contributed by atoms with Crippen molar-refractivity contribution in [1.29, 1.82) is 0 Å². The Morgan fingerprint density at radius 1 is 1.06 bits per heavy atom. The number of carbonyl (C=O) groups excluding carboxylic acids is 1. The van der Waals surface area contributed by atoms with Gasteiger partial charge in [-0.25, -0.2) is 9.37 Å². The number of imidazole rings is 1. The molecule has 7 heteroatoms. The van der Waals surface area contributed by atoms with Crippen LogP contribution in [0.5, 0.6) is 0 Å². The van der Waals surface area contributed by atoms with Crippen molar-refractivity contribution >= 4 is 16.9 Å². The minimum absolute atomic E-state index is 0.0752. The molecule has 1 saturated heterocycles. The van der Waals surface area contributed by atoms with Gasteiger partial charge >= 0.3 is 0 Å². The molecule has 0 aliphatic carbocycles. The van der Waals surface area contributed by atoms with Crippen molar-refractivity contribution in [3.8, 4) is 0 Å². The highest BCUT2D eigenvalue weighted by atomic mass is 19.1. The molecule has 0 saturated carbocycles. The lowest BCUT2D eigenvalue weighted by molar-refractivity contribution is -0.139. The first-order chi connectivity index (χ1) is 16.2. The molecule has 1 fully saturated rings. The maximum Gasteiger partial charge on any atom is 0.223 e. The number of pyridine rings is 1. The summed E-state index contributed by atoms with van der Waals surface area (Å²) in [4.78, 5) is 27.2. The molecule has 1 aliphatic rings. The van der Waals surface area contributed by atoms with E-state index in [4.69, 9.17) is 9.72 Å². The van der Waals surface area contributed by atoms with Crippen molar-refractivity contribution in [3.05, 3.63) is 95.3 Å². The number of halogens is 1. The van der Waals surface area contributed by atoms with Crippen molar-refractivity contribution in [3.63, 3.8) is 0 Å². The van der Waals surface area contributed by atoms with E-state index >= 15 is 0 Å². The molecule has 0 radical (unpaired) electrons. The van der Waals surface area contributed by atoms with Gasteiger partial charge in [-0.2, -0.15) is 0 Å². The molecule has 1 N–H and O–H groups in total. The van der Waals surface area contributed by atoms with E-state index in [2.05, 4.69) is 9.97 Å². The molecule has 5 rings (SSSR count). The minimum Gasteiger partial charge on any atom is -0.368 e. The summed E-state index contributed by atoms with van der Waals surface area (Å²) in [5.74, 6) is 0.656. The number of para-hydroxylation sites is 2. The van der Waals surface area contributed by atoms with Gasteiger partial charge in [0.05, 0.1) is 29.9 Å². The second-order valence-electron chi connectivity index (χ2n) is 8.22. The van der Waals surface area contributed by atoms with E-state index in [-0.39, 0.29) is 17.8 Å². The first-order valence-electron chi connectivity index (χ1n) is 11.2. The second-order valence-corrected chi connectivity index (χ2v) is 8.22. The Morgan fingerprint density at radius 3 is 2.79 bits per heavy atom. The maximum absolute atomic E-state index is 14.0. The number of hydrogen-bond donors (Lipinski definition) is 1. The lowest BCUT2D eigenvalue weighted by Gasteiger charge is -2.33. The molecule has 1 amide bonds. The number of fused-ring (bicyclic) bond motifs is 1. The number of ether oxygens (including phenoxy) is 1. The molecule has 33 heavy (non-hydrogen) atoms. The number of H-pyrrole nitrogens is 1. The largest absolute Gasteiger partial charge is 0.368 e. The van der Waals surface area contributed by atoms with Gasteiger partial charge in [-0.1, -0.05) is 36.4 Å². The Hall–Kier alpha value is -3.58. The van der Waals surface area contributed by atoms with Gasteiger partial charge in [-0.15, -0.1) is 0 Å². The fourth-order valence-corrected chi connectivity index (χ4v) is 4.18. The van der Waals surface area contributed by atoms with E-state index in [1.54, 1.807) is 12.1 Å². The van der Waals surface area contributed by atoms with Gasteiger partial charge in [0.25, 0.3) is 0 Å². The lowest BCUT2D eigenvalue weighted by atomic mass is 10.1. The van der Waals surface area contributed by atoms with Gasteiger partial charge in [0.15, 0.2) is 0 Å². The summed E-state index contributed by atoms with van der Waals surface area (Å²) in [6, 6.07) is 20.3. The Balaban J connectivity index is 1.22. The maximum atomic E-state index is 14.0. The van der Waals surface area contributed by atoms with Gasteiger partial charge in [0.2, 0.25) is 5.91 Å². The average Bonchev–Trinajstić information content (AvgIpc) is 3.27. The third kappa shape index (κ3) is 4.93. The molecular formula is C26H25FN4O2. The zero-order valence-electron chi connectivity index (χ0n) is 18.2. The quantitative estimate of drug-likeness (QED) is 0.483. The number of carbonyl (C=O) groups is 1. The molecule has 168 valence electrons.